The highest BCUT2D eigenvalue weighted by Gasteiger charge is 2.22. The Balaban J connectivity index is 2.61. The number of aliphatic hydroxyl groups excluding tert-OH is 1. The van der Waals surface area contributed by atoms with Gasteiger partial charge in [-0.15, -0.1) is 0 Å². The number of rotatable bonds is 7. The van der Waals surface area contributed by atoms with Crippen LogP contribution in [-0.2, 0) is 0 Å². The monoisotopic (exact) mass is 255 g/mol. The van der Waals surface area contributed by atoms with Crippen LogP contribution in [0.4, 0.5) is 5.69 Å². The molecule has 0 fully saturated rings. The van der Waals surface area contributed by atoms with Crippen molar-refractivity contribution in [3.05, 3.63) is 29.3 Å². The fourth-order valence-electron chi connectivity index (χ4n) is 1.86. The summed E-state index contributed by atoms with van der Waals surface area (Å²) in [7, 11) is 0. The second-order valence-electron chi connectivity index (χ2n) is 4.81. The van der Waals surface area contributed by atoms with Crippen molar-refractivity contribution in [1.82, 2.24) is 0 Å². The van der Waals surface area contributed by atoms with Crippen molar-refractivity contribution < 1.29 is 5.11 Å². The molecule has 1 atom stereocenters. The molecule has 0 aliphatic carbocycles. The smallest absolute Gasteiger partial charge is 0.0658 e. The van der Waals surface area contributed by atoms with Gasteiger partial charge in [0.15, 0.2) is 0 Å². The first-order chi connectivity index (χ1) is 8.09. The number of halogens is 1. The van der Waals surface area contributed by atoms with E-state index in [2.05, 4.69) is 12.2 Å². The van der Waals surface area contributed by atoms with Crippen LogP contribution in [0, 0.1) is 0 Å². The van der Waals surface area contributed by atoms with Crippen LogP contribution in [0.1, 0.15) is 39.5 Å². The Bertz CT molecular complexity index is 343. The molecule has 1 aromatic rings. The zero-order valence-corrected chi connectivity index (χ0v) is 11.4. The molecule has 1 unspecified atom stereocenters. The number of unbranched alkanes of at least 4 members (excludes halogenated alkanes) is 2. The van der Waals surface area contributed by atoms with E-state index in [1.165, 1.54) is 12.8 Å². The lowest BCUT2D eigenvalue weighted by Crippen LogP contribution is -2.38. The topological polar surface area (TPSA) is 32.3 Å². The van der Waals surface area contributed by atoms with Crippen LogP contribution < -0.4 is 5.32 Å². The summed E-state index contributed by atoms with van der Waals surface area (Å²) in [6.45, 7) is 4.35. The molecule has 0 aliphatic heterocycles. The lowest BCUT2D eigenvalue weighted by atomic mass is 9.95. The van der Waals surface area contributed by atoms with Gasteiger partial charge in [0.1, 0.15) is 0 Å². The van der Waals surface area contributed by atoms with Gasteiger partial charge in [-0.3, -0.25) is 0 Å². The van der Waals surface area contributed by atoms with Crippen LogP contribution in [0.25, 0.3) is 0 Å². The van der Waals surface area contributed by atoms with Crippen molar-refractivity contribution in [2.24, 2.45) is 0 Å². The van der Waals surface area contributed by atoms with Crippen molar-refractivity contribution in [2.45, 2.75) is 45.1 Å². The van der Waals surface area contributed by atoms with E-state index in [0.717, 1.165) is 18.5 Å². The molecule has 17 heavy (non-hydrogen) atoms. The molecule has 0 saturated heterocycles. The summed E-state index contributed by atoms with van der Waals surface area (Å²) in [6.07, 6.45) is 4.48. The van der Waals surface area contributed by atoms with Crippen molar-refractivity contribution in [3.63, 3.8) is 0 Å². The summed E-state index contributed by atoms with van der Waals surface area (Å²) in [5.41, 5.74) is 0.699. The van der Waals surface area contributed by atoms with Gasteiger partial charge in [-0.2, -0.15) is 0 Å². The van der Waals surface area contributed by atoms with E-state index in [-0.39, 0.29) is 12.1 Å². The van der Waals surface area contributed by atoms with Crippen LogP contribution in [-0.4, -0.2) is 17.3 Å². The lowest BCUT2D eigenvalue weighted by Gasteiger charge is -2.30. The first-order valence-electron chi connectivity index (χ1n) is 6.24. The van der Waals surface area contributed by atoms with E-state index in [0.29, 0.717) is 5.02 Å². The Morgan fingerprint density at radius 2 is 2.12 bits per heavy atom. The molecule has 1 aromatic carbocycles. The minimum atomic E-state index is -0.264. The summed E-state index contributed by atoms with van der Waals surface area (Å²) in [4.78, 5) is 0. The molecule has 2 N–H and O–H groups in total. The quantitative estimate of drug-likeness (QED) is 0.720. The maximum absolute atomic E-state index is 9.52. The van der Waals surface area contributed by atoms with Crippen molar-refractivity contribution >= 4 is 17.3 Å². The third-order valence-electron chi connectivity index (χ3n) is 2.95. The molecule has 0 aliphatic rings. The maximum atomic E-state index is 9.52. The van der Waals surface area contributed by atoms with Crippen LogP contribution in [0.15, 0.2) is 24.3 Å². The van der Waals surface area contributed by atoms with E-state index in [9.17, 15) is 5.11 Å². The highest BCUT2D eigenvalue weighted by molar-refractivity contribution is 6.30. The third-order valence-corrected chi connectivity index (χ3v) is 3.19. The normalized spacial score (nSPS) is 14.4. The standard InChI is InChI=1S/C14H22ClNO/c1-3-4-5-9-14(2,11-17)16-13-8-6-7-12(15)10-13/h6-8,10,16-17H,3-5,9,11H2,1-2H3. The molecular formula is C14H22ClNO. The number of aliphatic hydroxyl groups is 1. The largest absolute Gasteiger partial charge is 0.394 e. The SMILES string of the molecule is CCCCCC(C)(CO)Nc1cccc(Cl)c1. The molecule has 0 heterocycles. The lowest BCUT2D eigenvalue weighted by molar-refractivity contribution is 0.212. The summed E-state index contributed by atoms with van der Waals surface area (Å²) in [6, 6.07) is 7.61. The molecule has 1 rings (SSSR count). The Morgan fingerprint density at radius 3 is 2.71 bits per heavy atom. The van der Waals surface area contributed by atoms with E-state index in [1.807, 2.05) is 31.2 Å². The van der Waals surface area contributed by atoms with Crippen LogP contribution in [0.3, 0.4) is 0 Å². The van der Waals surface area contributed by atoms with Gasteiger partial charge >= 0.3 is 0 Å². The highest BCUT2D eigenvalue weighted by Crippen LogP contribution is 2.23. The van der Waals surface area contributed by atoms with Gasteiger partial charge in [-0.05, 0) is 31.5 Å². The van der Waals surface area contributed by atoms with Crippen molar-refractivity contribution in [2.75, 3.05) is 11.9 Å². The molecule has 0 bridgehead atoms. The van der Waals surface area contributed by atoms with Gasteiger partial charge in [0, 0.05) is 10.7 Å². The number of nitrogens with one attached hydrogen (secondary N) is 1. The average Bonchev–Trinajstić information content (AvgIpc) is 2.29. The second kappa shape index (κ2) is 6.87. The van der Waals surface area contributed by atoms with Gasteiger partial charge in [0.25, 0.3) is 0 Å². The second-order valence-corrected chi connectivity index (χ2v) is 5.25. The molecule has 2 nitrogen and oxygen atoms in total. The molecule has 0 spiro atoms. The zero-order chi connectivity index (χ0) is 12.7. The first kappa shape index (κ1) is 14.3. The highest BCUT2D eigenvalue weighted by atomic mass is 35.5. The van der Waals surface area contributed by atoms with Gasteiger partial charge in [-0.1, -0.05) is 43.9 Å². The summed E-state index contributed by atoms with van der Waals surface area (Å²) < 4.78 is 0. The fourth-order valence-corrected chi connectivity index (χ4v) is 2.05. The predicted molar refractivity (Wildman–Crippen MR) is 74.7 cm³/mol. The Labute approximate surface area is 109 Å². The molecule has 0 saturated carbocycles. The molecule has 3 heteroatoms. The summed E-state index contributed by atoms with van der Waals surface area (Å²) >= 11 is 5.94. The van der Waals surface area contributed by atoms with Crippen LogP contribution in [0.5, 0.6) is 0 Å². The number of anilines is 1. The molecule has 96 valence electrons. The van der Waals surface area contributed by atoms with E-state index >= 15 is 0 Å². The summed E-state index contributed by atoms with van der Waals surface area (Å²) in [5, 5.41) is 13.6. The summed E-state index contributed by atoms with van der Waals surface area (Å²) in [5.74, 6) is 0. The van der Waals surface area contributed by atoms with Gasteiger partial charge in [0.05, 0.1) is 12.1 Å². The van der Waals surface area contributed by atoms with Crippen molar-refractivity contribution in [3.8, 4) is 0 Å². The number of benzene rings is 1. The van der Waals surface area contributed by atoms with Crippen LogP contribution >= 0.6 is 11.6 Å². The van der Waals surface area contributed by atoms with E-state index in [4.69, 9.17) is 11.6 Å². The third kappa shape index (κ3) is 4.97. The molecule has 0 radical (unpaired) electrons. The average molecular weight is 256 g/mol. The van der Waals surface area contributed by atoms with Gasteiger partial charge in [0.2, 0.25) is 0 Å². The van der Waals surface area contributed by atoms with Crippen LogP contribution in [0.2, 0.25) is 5.02 Å². The molecule has 0 amide bonds. The Hall–Kier alpha value is -0.730. The van der Waals surface area contributed by atoms with E-state index in [1.54, 1.807) is 0 Å². The minimum absolute atomic E-state index is 0.128. The van der Waals surface area contributed by atoms with Gasteiger partial charge < -0.3 is 10.4 Å². The minimum Gasteiger partial charge on any atom is -0.394 e. The Morgan fingerprint density at radius 1 is 1.35 bits per heavy atom. The zero-order valence-electron chi connectivity index (χ0n) is 10.7. The molecule has 0 aromatic heterocycles. The predicted octanol–water partition coefficient (Wildman–Crippen LogP) is 4.08. The van der Waals surface area contributed by atoms with Crippen molar-refractivity contribution in [1.29, 1.82) is 0 Å². The van der Waals surface area contributed by atoms with Gasteiger partial charge in [-0.25, -0.2) is 0 Å². The fraction of sp³-hybridized carbons (Fsp3) is 0.571. The first-order valence-corrected chi connectivity index (χ1v) is 6.62. The number of hydrogen-bond donors (Lipinski definition) is 2. The number of hydrogen-bond acceptors (Lipinski definition) is 2. The van der Waals surface area contributed by atoms with E-state index < -0.39 is 0 Å². The Kier molecular flexibility index (Phi) is 5.79. The maximum Gasteiger partial charge on any atom is 0.0658 e. The molecular weight excluding hydrogens is 234 g/mol.